The van der Waals surface area contributed by atoms with E-state index in [4.69, 9.17) is 11.6 Å². The molecule has 1 aromatic rings. The van der Waals surface area contributed by atoms with E-state index in [1.165, 1.54) is 6.20 Å². The second kappa shape index (κ2) is 4.39. The monoisotopic (exact) mass is 226 g/mol. The number of hydrogen-bond donors (Lipinski definition) is 2. The Balaban J connectivity index is 2.36. The van der Waals surface area contributed by atoms with Crippen molar-refractivity contribution in [1.82, 2.24) is 4.98 Å². The Morgan fingerprint density at radius 1 is 1.33 bits per heavy atom. The highest BCUT2D eigenvalue weighted by molar-refractivity contribution is 6.60. The smallest absolute Gasteiger partial charge is 0.423 e. The van der Waals surface area contributed by atoms with Crippen LogP contribution < -0.4 is 10.4 Å². The largest absolute Gasteiger partial charge is 0.492 e. The lowest BCUT2D eigenvalue weighted by Crippen LogP contribution is -2.37. The van der Waals surface area contributed by atoms with Gasteiger partial charge in [-0.1, -0.05) is 11.6 Å². The normalized spacial score (nSPS) is 15.8. The first-order valence-electron chi connectivity index (χ1n) is 4.95. The van der Waals surface area contributed by atoms with Crippen LogP contribution in [0.2, 0.25) is 5.02 Å². The maximum atomic E-state index is 9.22. The van der Waals surface area contributed by atoms with E-state index in [1.54, 1.807) is 6.07 Å². The van der Waals surface area contributed by atoms with Crippen molar-refractivity contribution in [2.75, 3.05) is 18.0 Å². The minimum absolute atomic E-state index is 0.379. The van der Waals surface area contributed by atoms with Crippen molar-refractivity contribution in [3.63, 3.8) is 0 Å². The molecule has 0 saturated carbocycles. The zero-order valence-corrected chi connectivity index (χ0v) is 8.98. The van der Waals surface area contributed by atoms with Crippen molar-refractivity contribution in [3.8, 4) is 0 Å². The fourth-order valence-electron chi connectivity index (χ4n) is 1.83. The summed E-state index contributed by atoms with van der Waals surface area (Å²) in [5, 5.41) is 18.9. The molecule has 15 heavy (non-hydrogen) atoms. The van der Waals surface area contributed by atoms with Crippen molar-refractivity contribution in [2.24, 2.45) is 0 Å². The van der Waals surface area contributed by atoms with Gasteiger partial charge < -0.3 is 14.9 Å². The molecule has 0 bridgehead atoms. The molecule has 2 rings (SSSR count). The molecular formula is C9H12BClN2O2. The molecular weight excluding hydrogens is 214 g/mol. The molecule has 6 heteroatoms. The van der Waals surface area contributed by atoms with E-state index in [9.17, 15) is 10.0 Å². The van der Waals surface area contributed by atoms with Gasteiger partial charge in [0.05, 0.1) is 5.02 Å². The molecule has 0 amide bonds. The minimum atomic E-state index is -1.52. The van der Waals surface area contributed by atoms with E-state index < -0.39 is 7.12 Å². The van der Waals surface area contributed by atoms with Crippen LogP contribution in [0.4, 0.5) is 5.82 Å². The van der Waals surface area contributed by atoms with Gasteiger partial charge >= 0.3 is 7.12 Å². The predicted octanol–water partition coefficient (Wildman–Crippen LogP) is 0.0150. The number of aromatic nitrogens is 1. The fourth-order valence-corrected chi connectivity index (χ4v) is 2.00. The van der Waals surface area contributed by atoms with Gasteiger partial charge in [-0.3, -0.25) is 0 Å². The molecule has 0 unspecified atom stereocenters. The van der Waals surface area contributed by atoms with Crippen LogP contribution in [0.25, 0.3) is 0 Å². The van der Waals surface area contributed by atoms with E-state index in [0.717, 1.165) is 25.9 Å². The first-order valence-corrected chi connectivity index (χ1v) is 5.33. The van der Waals surface area contributed by atoms with Gasteiger partial charge in [0, 0.05) is 24.7 Å². The van der Waals surface area contributed by atoms with E-state index in [1.807, 2.05) is 4.90 Å². The van der Waals surface area contributed by atoms with Gasteiger partial charge in [-0.25, -0.2) is 4.98 Å². The summed E-state index contributed by atoms with van der Waals surface area (Å²) in [7, 11) is -1.52. The van der Waals surface area contributed by atoms with Crippen LogP contribution in [-0.2, 0) is 0 Å². The SMILES string of the molecule is OB(O)c1cc(Cl)cnc1N1CCCC1. The third-order valence-electron chi connectivity index (χ3n) is 2.55. The Labute approximate surface area is 93.6 Å². The van der Waals surface area contributed by atoms with E-state index in [2.05, 4.69) is 4.98 Å². The van der Waals surface area contributed by atoms with Crippen LogP contribution in [0.5, 0.6) is 0 Å². The van der Waals surface area contributed by atoms with Crippen molar-refractivity contribution in [2.45, 2.75) is 12.8 Å². The summed E-state index contributed by atoms with van der Waals surface area (Å²) in [6.45, 7) is 1.82. The maximum absolute atomic E-state index is 9.22. The second-order valence-corrected chi connectivity index (χ2v) is 4.07. The van der Waals surface area contributed by atoms with Crippen molar-refractivity contribution >= 4 is 30.0 Å². The van der Waals surface area contributed by atoms with E-state index >= 15 is 0 Å². The molecule has 1 fully saturated rings. The van der Waals surface area contributed by atoms with Crippen molar-refractivity contribution < 1.29 is 10.0 Å². The summed E-state index contributed by atoms with van der Waals surface area (Å²) in [5.41, 5.74) is 0.379. The van der Waals surface area contributed by atoms with Crippen LogP contribution in [0.15, 0.2) is 12.3 Å². The summed E-state index contributed by atoms with van der Waals surface area (Å²) >= 11 is 5.76. The summed E-state index contributed by atoms with van der Waals surface area (Å²) in [4.78, 5) is 6.20. The number of pyridine rings is 1. The summed E-state index contributed by atoms with van der Waals surface area (Å²) in [5.74, 6) is 0.631. The third kappa shape index (κ3) is 2.25. The summed E-state index contributed by atoms with van der Waals surface area (Å²) < 4.78 is 0. The molecule has 0 atom stereocenters. The zero-order chi connectivity index (χ0) is 10.8. The van der Waals surface area contributed by atoms with Crippen molar-refractivity contribution in [1.29, 1.82) is 0 Å². The molecule has 0 radical (unpaired) electrons. The highest BCUT2D eigenvalue weighted by atomic mass is 35.5. The molecule has 1 aliphatic heterocycles. The molecule has 4 nitrogen and oxygen atoms in total. The number of halogens is 1. The first kappa shape index (κ1) is 10.7. The fraction of sp³-hybridized carbons (Fsp3) is 0.444. The van der Waals surface area contributed by atoms with Crippen LogP contribution >= 0.6 is 11.6 Å². The highest BCUT2D eigenvalue weighted by Gasteiger charge is 2.23. The third-order valence-corrected chi connectivity index (χ3v) is 2.75. The van der Waals surface area contributed by atoms with Gasteiger partial charge in [-0.15, -0.1) is 0 Å². The van der Waals surface area contributed by atoms with Gasteiger partial charge in [0.2, 0.25) is 0 Å². The molecule has 1 aliphatic rings. The second-order valence-electron chi connectivity index (χ2n) is 3.63. The Morgan fingerprint density at radius 3 is 2.60 bits per heavy atom. The van der Waals surface area contributed by atoms with Gasteiger partial charge in [0.25, 0.3) is 0 Å². The molecule has 0 spiro atoms. The quantitative estimate of drug-likeness (QED) is 0.698. The first-order chi connectivity index (χ1) is 7.18. The summed E-state index contributed by atoms with van der Waals surface area (Å²) in [6, 6.07) is 1.55. The van der Waals surface area contributed by atoms with Gasteiger partial charge in [-0.2, -0.15) is 0 Å². The Morgan fingerprint density at radius 2 is 2.00 bits per heavy atom. The van der Waals surface area contributed by atoms with Gasteiger partial charge in [-0.05, 0) is 18.9 Å². The number of hydrogen-bond acceptors (Lipinski definition) is 4. The van der Waals surface area contributed by atoms with Crippen LogP contribution in [0.1, 0.15) is 12.8 Å². The Bertz CT molecular complexity index is 356. The Hall–Kier alpha value is -0.775. The topological polar surface area (TPSA) is 56.6 Å². The zero-order valence-electron chi connectivity index (χ0n) is 8.23. The molecule has 1 aromatic heterocycles. The molecule has 0 aliphatic carbocycles. The van der Waals surface area contributed by atoms with Crippen LogP contribution in [0.3, 0.4) is 0 Å². The van der Waals surface area contributed by atoms with Crippen LogP contribution in [-0.4, -0.2) is 35.2 Å². The maximum Gasteiger partial charge on any atom is 0.492 e. The summed E-state index contributed by atoms with van der Waals surface area (Å²) in [6.07, 6.45) is 3.76. The van der Waals surface area contributed by atoms with Gasteiger partial charge in [0.1, 0.15) is 5.82 Å². The molecule has 1 saturated heterocycles. The standard InChI is InChI=1S/C9H12BClN2O2/c11-7-5-8(10(14)15)9(12-6-7)13-3-1-2-4-13/h5-6,14-15H,1-4H2. The average Bonchev–Trinajstić information content (AvgIpc) is 2.70. The molecule has 80 valence electrons. The van der Waals surface area contributed by atoms with E-state index in [0.29, 0.717) is 16.3 Å². The minimum Gasteiger partial charge on any atom is -0.423 e. The molecule has 2 N–H and O–H groups in total. The lowest BCUT2D eigenvalue weighted by molar-refractivity contribution is 0.425. The average molecular weight is 226 g/mol. The lowest BCUT2D eigenvalue weighted by atomic mass is 9.80. The predicted molar refractivity (Wildman–Crippen MR) is 60.5 cm³/mol. The van der Waals surface area contributed by atoms with Gasteiger partial charge in [0.15, 0.2) is 0 Å². The van der Waals surface area contributed by atoms with Crippen molar-refractivity contribution in [3.05, 3.63) is 17.3 Å². The lowest BCUT2D eigenvalue weighted by Gasteiger charge is -2.19. The number of anilines is 1. The Kier molecular flexibility index (Phi) is 3.14. The van der Waals surface area contributed by atoms with Crippen LogP contribution in [0, 0.1) is 0 Å². The number of nitrogens with zero attached hydrogens (tertiary/aromatic N) is 2. The van der Waals surface area contributed by atoms with E-state index in [-0.39, 0.29) is 0 Å². The molecule has 2 heterocycles. The highest BCUT2D eigenvalue weighted by Crippen LogP contribution is 2.17. The number of rotatable bonds is 2. The molecule has 0 aromatic carbocycles.